The molecule has 4 atom stereocenters. The van der Waals surface area contributed by atoms with E-state index in [1.54, 1.807) is 6.07 Å². The third kappa shape index (κ3) is 6.27. The molecule has 1 aromatic heterocycles. The molecule has 6 nitrogen and oxygen atoms in total. The van der Waals surface area contributed by atoms with Crippen LogP contribution >= 0.6 is 0 Å². The molecule has 0 spiro atoms. The Balaban J connectivity index is 1.18. The largest absolute Gasteiger partial charge is 0.366 e. The molecule has 0 aliphatic heterocycles. The summed E-state index contributed by atoms with van der Waals surface area (Å²) in [7, 11) is 0. The molecule has 3 N–H and O–H groups in total. The number of fused-ring (bicyclic) bond motifs is 6. The number of H-pyrrole nitrogens is 1. The van der Waals surface area contributed by atoms with Crippen LogP contribution in [0.5, 0.6) is 0 Å². The molecule has 4 aliphatic rings. The van der Waals surface area contributed by atoms with Gasteiger partial charge in [-0.3, -0.25) is 19.6 Å². The Kier molecular flexibility index (Phi) is 9.27. The molecule has 1 heterocycles. The van der Waals surface area contributed by atoms with Gasteiger partial charge in [0, 0.05) is 60.5 Å². The summed E-state index contributed by atoms with van der Waals surface area (Å²) >= 11 is 0. The third-order valence-electron chi connectivity index (χ3n) is 10.1. The summed E-state index contributed by atoms with van der Waals surface area (Å²) in [6.45, 7) is 8.49. The highest BCUT2D eigenvalue weighted by molar-refractivity contribution is 5.87. The highest BCUT2D eigenvalue weighted by Gasteiger charge is 2.46. The third-order valence-corrected chi connectivity index (χ3v) is 10.1. The number of aromatic nitrogens is 1. The molecule has 0 radical (unpaired) electrons. The molecular formula is C42H44N4O2. The summed E-state index contributed by atoms with van der Waals surface area (Å²) in [4.78, 5) is 37.1. The Labute approximate surface area is 283 Å². The van der Waals surface area contributed by atoms with E-state index in [2.05, 4.69) is 99.5 Å². The van der Waals surface area contributed by atoms with E-state index in [0.29, 0.717) is 5.92 Å². The number of nitrogens with one attached hydrogen (secondary N) is 1. The van der Waals surface area contributed by atoms with E-state index in [4.69, 9.17) is 15.7 Å². The number of hydrogen-bond acceptors (Lipinski definition) is 4. The van der Waals surface area contributed by atoms with Crippen LogP contribution < -0.4 is 11.3 Å². The van der Waals surface area contributed by atoms with Crippen molar-refractivity contribution in [3.05, 3.63) is 152 Å². The molecule has 4 bridgehead atoms. The number of carbonyl (C=O) groups is 1. The van der Waals surface area contributed by atoms with Gasteiger partial charge >= 0.3 is 0 Å². The fourth-order valence-electron chi connectivity index (χ4n) is 8.24. The van der Waals surface area contributed by atoms with Crippen molar-refractivity contribution < 1.29 is 4.79 Å². The second-order valence-electron chi connectivity index (χ2n) is 13.3. The van der Waals surface area contributed by atoms with Crippen molar-refractivity contribution >= 4 is 30.5 Å². The van der Waals surface area contributed by atoms with Gasteiger partial charge in [-0.2, -0.15) is 0 Å². The van der Waals surface area contributed by atoms with Crippen molar-refractivity contribution in [2.75, 3.05) is 0 Å². The number of pyridine rings is 1. The Morgan fingerprint density at radius 1 is 0.833 bits per heavy atom. The molecule has 0 saturated heterocycles. The summed E-state index contributed by atoms with van der Waals surface area (Å²) in [6.07, 6.45) is 29.6. The minimum Gasteiger partial charge on any atom is -0.366 e. The van der Waals surface area contributed by atoms with Crippen molar-refractivity contribution in [1.82, 2.24) is 4.98 Å². The van der Waals surface area contributed by atoms with Gasteiger partial charge in [-0.15, -0.1) is 0 Å². The molecule has 6 heteroatoms. The van der Waals surface area contributed by atoms with Gasteiger partial charge in [0.05, 0.1) is 0 Å². The molecule has 1 amide bonds. The van der Waals surface area contributed by atoms with Gasteiger partial charge in [0.1, 0.15) is 11.1 Å². The lowest BCUT2D eigenvalue weighted by Crippen LogP contribution is -2.40. The molecule has 244 valence electrons. The summed E-state index contributed by atoms with van der Waals surface area (Å²) in [5.74, 6) is 0.0978. The van der Waals surface area contributed by atoms with E-state index >= 15 is 0 Å². The Hall–Kier alpha value is -5.10. The summed E-state index contributed by atoms with van der Waals surface area (Å²) in [6, 6.07) is 11.9. The van der Waals surface area contributed by atoms with E-state index in [-0.39, 0.29) is 11.5 Å². The molecule has 0 saturated carbocycles. The number of carbonyl (C=O) groups excluding carboxylic acids is 1. The zero-order valence-corrected chi connectivity index (χ0v) is 28.2. The van der Waals surface area contributed by atoms with Crippen LogP contribution in [0.2, 0.25) is 0 Å². The fraction of sp³-hybridized carbons (Fsp3) is 0.286. The van der Waals surface area contributed by atoms with E-state index in [1.165, 1.54) is 28.4 Å². The molecule has 2 aromatic rings. The fourth-order valence-corrected chi connectivity index (χ4v) is 8.24. The SMILES string of the molecule is C/C=C1\C2C=C(C)CC1(N=C/C=C/c1ccc(/C=C/C=NC34CC(C)=CC(Cc5[nH]c(=O)ccc53)/C4=C\C)cc1)C(/C=C\C(N)=O)=CC2. The minimum absolute atomic E-state index is 0.0663. The normalized spacial score (nSPS) is 28.5. The maximum absolute atomic E-state index is 12.1. The lowest BCUT2D eigenvalue weighted by Gasteiger charge is -2.45. The Morgan fingerprint density at radius 3 is 2.04 bits per heavy atom. The number of benzene rings is 1. The number of amides is 1. The average molecular weight is 637 g/mol. The van der Waals surface area contributed by atoms with E-state index in [0.717, 1.165) is 53.6 Å². The molecule has 4 unspecified atom stereocenters. The second-order valence-corrected chi connectivity index (χ2v) is 13.3. The number of nitrogens with zero attached hydrogens (tertiary/aromatic N) is 2. The van der Waals surface area contributed by atoms with Gasteiger partial charge < -0.3 is 10.7 Å². The lowest BCUT2D eigenvalue weighted by atomic mass is 9.63. The summed E-state index contributed by atoms with van der Waals surface area (Å²) in [5, 5.41) is 0. The molecule has 0 fully saturated rings. The zero-order valence-electron chi connectivity index (χ0n) is 28.2. The number of nitrogens with two attached hydrogens (primary N) is 1. The molecule has 6 rings (SSSR count). The van der Waals surface area contributed by atoms with Crippen LogP contribution in [-0.2, 0) is 16.8 Å². The number of aliphatic imine (C=N–C) groups is 2. The van der Waals surface area contributed by atoms with Crippen molar-refractivity contribution in [3.8, 4) is 0 Å². The van der Waals surface area contributed by atoms with Crippen LogP contribution in [-0.4, -0.2) is 28.9 Å². The maximum Gasteiger partial charge on any atom is 0.248 e. The topological polar surface area (TPSA) is 101 Å². The number of aromatic amines is 1. The second kappa shape index (κ2) is 13.6. The minimum atomic E-state index is -0.527. The Morgan fingerprint density at radius 2 is 1.42 bits per heavy atom. The standard InChI is InChI=1S/C42H44N4O2/c1-5-35-32-15-16-34(17-19-39(43)47)41(35,26-28(3)23-32)44-21-7-9-30-11-13-31(14-12-30)10-8-22-45-42-27-29(4)24-33(36(42)6-2)25-38-37(42)18-20-40(48)46-38/h5-14,16-24,32-33H,15,25-27H2,1-4H3,(H2,43,47)(H,46,48)/b9-7+,10-8+,19-17-,35-5+,36-6+,44-21?,45-22?. The monoisotopic (exact) mass is 636 g/mol. The highest BCUT2D eigenvalue weighted by atomic mass is 16.1. The van der Waals surface area contributed by atoms with Crippen molar-refractivity contribution in [2.24, 2.45) is 27.6 Å². The van der Waals surface area contributed by atoms with Crippen molar-refractivity contribution in [3.63, 3.8) is 0 Å². The lowest BCUT2D eigenvalue weighted by molar-refractivity contribution is -0.113. The predicted molar refractivity (Wildman–Crippen MR) is 199 cm³/mol. The van der Waals surface area contributed by atoms with Crippen molar-refractivity contribution in [1.29, 1.82) is 0 Å². The zero-order chi connectivity index (χ0) is 33.9. The number of hydrogen-bond donors (Lipinski definition) is 2. The first-order valence-corrected chi connectivity index (χ1v) is 16.8. The van der Waals surface area contributed by atoms with Crippen LogP contribution in [0.1, 0.15) is 69.3 Å². The van der Waals surface area contributed by atoms with Crippen molar-refractivity contribution in [2.45, 2.75) is 64.5 Å². The van der Waals surface area contributed by atoms with Crippen LogP contribution in [0.25, 0.3) is 12.2 Å². The summed E-state index contributed by atoms with van der Waals surface area (Å²) < 4.78 is 0. The van der Waals surface area contributed by atoms with Gasteiger partial charge in [-0.25, -0.2) is 0 Å². The van der Waals surface area contributed by atoms with E-state index < -0.39 is 17.0 Å². The van der Waals surface area contributed by atoms with Gasteiger partial charge in [0.15, 0.2) is 0 Å². The molecular weight excluding hydrogens is 592 g/mol. The summed E-state index contributed by atoms with van der Waals surface area (Å²) in [5.41, 5.74) is 14.8. The van der Waals surface area contributed by atoms with Crippen LogP contribution in [0.15, 0.2) is 134 Å². The smallest absolute Gasteiger partial charge is 0.248 e. The maximum atomic E-state index is 12.1. The Bertz CT molecular complexity index is 1970. The van der Waals surface area contributed by atoms with Gasteiger partial charge in [-0.05, 0) is 86.6 Å². The highest BCUT2D eigenvalue weighted by Crippen LogP contribution is 2.52. The molecule has 4 aliphatic carbocycles. The first kappa shape index (κ1) is 32.8. The first-order valence-electron chi connectivity index (χ1n) is 16.8. The van der Waals surface area contributed by atoms with Gasteiger partial charge in [-0.1, -0.05) is 84.0 Å². The predicted octanol–water partition coefficient (Wildman–Crippen LogP) is 7.93. The average Bonchev–Trinajstić information content (AvgIpc) is 3.04. The van der Waals surface area contributed by atoms with E-state index in [1.807, 2.05) is 36.7 Å². The van der Waals surface area contributed by atoms with Crippen LogP contribution in [0.3, 0.4) is 0 Å². The van der Waals surface area contributed by atoms with E-state index in [9.17, 15) is 9.59 Å². The van der Waals surface area contributed by atoms with Gasteiger partial charge in [0.2, 0.25) is 11.5 Å². The van der Waals surface area contributed by atoms with Gasteiger partial charge in [0.25, 0.3) is 0 Å². The molecule has 48 heavy (non-hydrogen) atoms. The number of allylic oxidation sites excluding steroid dienone is 7. The number of rotatable bonds is 8. The molecule has 1 aromatic carbocycles. The quantitative estimate of drug-likeness (QED) is 0.175. The number of primary amides is 1. The first-order chi connectivity index (χ1) is 23.2. The van der Waals surface area contributed by atoms with Crippen LogP contribution in [0.4, 0.5) is 0 Å². The van der Waals surface area contributed by atoms with Crippen LogP contribution in [0, 0.1) is 11.8 Å².